The van der Waals surface area contributed by atoms with E-state index in [0.717, 1.165) is 29.9 Å². The van der Waals surface area contributed by atoms with Gasteiger partial charge in [-0.25, -0.2) is 4.98 Å². The molecule has 4 heteroatoms. The summed E-state index contributed by atoms with van der Waals surface area (Å²) >= 11 is 0. The largest absolute Gasteiger partial charge is 0.342 e. The Morgan fingerprint density at radius 2 is 2.12 bits per heavy atom. The molecule has 3 rings (SSSR count). The Balaban J connectivity index is 2.06. The third-order valence-electron chi connectivity index (χ3n) is 3.22. The second-order valence-corrected chi connectivity index (χ2v) is 4.52. The molecule has 0 atom stereocenters. The number of hydrogen-bond acceptors (Lipinski definition) is 2. The highest BCUT2D eigenvalue weighted by molar-refractivity contribution is 5.58. The summed E-state index contributed by atoms with van der Waals surface area (Å²) in [6.07, 6.45) is 6.83. The van der Waals surface area contributed by atoms with E-state index in [-0.39, 0.29) is 0 Å². The van der Waals surface area contributed by atoms with Crippen LogP contribution in [0.1, 0.15) is 29.9 Å². The van der Waals surface area contributed by atoms with Crippen molar-refractivity contribution in [2.75, 3.05) is 0 Å². The van der Waals surface area contributed by atoms with Crippen LogP contribution in [0, 0.1) is 6.92 Å². The lowest BCUT2D eigenvalue weighted by molar-refractivity contribution is 0.667. The molecule has 1 aliphatic carbocycles. The van der Waals surface area contributed by atoms with E-state index in [4.69, 9.17) is 0 Å². The number of nitrogens with one attached hydrogen (secondary N) is 1. The number of imidazole rings is 1. The zero-order valence-electron chi connectivity index (χ0n) is 9.75. The number of hydrogen-bond donors (Lipinski definition) is 1. The predicted octanol–water partition coefficient (Wildman–Crippen LogP) is 2.00. The summed E-state index contributed by atoms with van der Waals surface area (Å²) < 4.78 is 1.84. The van der Waals surface area contributed by atoms with Gasteiger partial charge in [-0.3, -0.25) is 4.68 Å². The van der Waals surface area contributed by atoms with Gasteiger partial charge in [0, 0.05) is 18.9 Å². The van der Waals surface area contributed by atoms with Crippen molar-refractivity contribution in [3.05, 3.63) is 23.3 Å². The van der Waals surface area contributed by atoms with Crippen LogP contribution in [0.5, 0.6) is 0 Å². The highest BCUT2D eigenvalue weighted by Crippen LogP contribution is 2.25. The van der Waals surface area contributed by atoms with Crippen molar-refractivity contribution in [1.82, 2.24) is 19.7 Å². The Hall–Kier alpha value is -1.58. The number of nitrogens with zero attached hydrogens (tertiary/aromatic N) is 3. The second-order valence-electron chi connectivity index (χ2n) is 4.52. The molecule has 0 spiro atoms. The smallest absolute Gasteiger partial charge is 0.141 e. The molecular weight excluding hydrogens is 200 g/mol. The molecule has 0 saturated carbocycles. The molecule has 16 heavy (non-hydrogen) atoms. The van der Waals surface area contributed by atoms with Gasteiger partial charge in [0.15, 0.2) is 0 Å². The van der Waals surface area contributed by atoms with Crippen LogP contribution in [0.15, 0.2) is 6.20 Å². The van der Waals surface area contributed by atoms with Crippen molar-refractivity contribution in [1.29, 1.82) is 0 Å². The molecule has 1 aliphatic rings. The fraction of sp³-hybridized carbons (Fsp3) is 0.500. The molecule has 2 heterocycles. The monoisotopic (exact) mass is 216 g/mol. The van der Waals surface area contributed by atoms with Crippen LogP contribution in [0.2, 0.25) is 0 Å². The number of aromatic amines is 1. The minimum atomic E-state index is 0.984. The zero-order valence-corrected chi connectivity index (χ0v) is 9.75. The number of H-pyrrole nitrogens is 1. The highest BCUT2D eigenvalue weighted by Gasteiger charge is 2.17. The highest BCUT2D eigenvalue weighted by atomic mass is 15.3. The molecular formula is C12H16N4. The summed E-state index contributed by atoms with van der Waals surface area (Å²) in [5.74, 6) is 0.984. The summed E-state index contributed by atoms with van der Waals surface area (Å²) in [4.78, 5) is 8.13. The van der Waals surface area contributed by atoms with Crippen molar-refractivity contribution >= 4 is 0 Å². The third kappa shape index (κ3) is 1.45. The van der Waals surface area contributed by atoms with Crippen LogP contribution in [-0.4, -0.2) is 19.7 Å². The predicted molar refractivity (Wildman–Crippen MR) is 62.2 cm³/mol. The van der Waals surface area contributed by atoms with Crippen molar-refractivity contribution in [3.8, 4) is 11.4 Å². The van der Waals surface area contributed by atoms with Crippen molar-refractivity contribution < 1.29 is 0 Å². The third-order valence-corrected chi connectivity index (χ3v) is 3.22. The first-order chi connectivity index (χ1) is 7.74. The Bertz CT molecular complexity index is 498. The molecule has 0 aromatic carbocycles. The van der Waals surface area contributed by atoms with Gasteiger partial charge in [0.2, 0.25) is 0 Å². The average Bonchev–Trinajstić information content (AvgIpc) is 2.81. The van der Waals surface area contributed by atoms with Gasteiger partial charge in [-0.2, -0.15) is 5.10 Å². The fourth-order valence-electron chi connectivity index (χ4n) is 2.41. The van der Waals surface area contributed by atoms with Gasteiger partial charge in [-0.15, -0.1) is 0 Å². The molecule has 0 fully saturated rings. The molecule has 0 unspecified atom stereocenters. The van der Waals surface area contributed by atoms with Gasteiger partial charge in [0.1, 0.15) is 5.82 Å². The van der Waals surface area contributed by atoms with Crippen molar-refractivity contribution in [2.24, 2.45) is 7.05 Å². The Labute approximate surface area is 94.7 Å². The Kier molecular flexibility index (Phi) is 2.09. The molecule has 0 radical (unpaired) electrons. The van der Waals surface area contributed by atoms with Gasteiger partial charge in [-0.05, 0) is 32.6 Å². The van der Waals surface area contributed by atoms with E-state index >= 15 is 0 Å². The normalized spacial score (nSPS) is 15.1. The van der Waals surface area contributed by atoms with Crippen molar-refractivity contribution in [2.45, 2.75) is 32.6 Å². The second kappa shape index (κ2) is 3.47. The van der Waals surface area contributed by atoms with E-state index in [9.17, 15) is 0 Å². The van der Waals surface area contributed by atoms with Gasteiger partial charge >= 0.3 is 0 Å². The van der Waals surface area contributed by atoms with Crippen molar-refractivity contribution in [3.63, 3.8) is 0 Å². The molecule has 0 bridgehead atoms. The first-order valence-corrected chi connectivity index (χ1v) is 5.82. The molecule has 0 amide bonds. The van der Waals surface area contributed by atoms with E-state index in [1.54, 1.807) is 0 Å². The van der Waals surface area contributed by atoms with E-state index in [1.165, 1.54) is 24.2 Å². The minimum Gasteiger partial charge on any atom is -0.342 e. The molecule has 4 nitrogen and oxygen atoms in total. The Morgan fingerprint density at radius 1 is 1.31 bits per heavy atom. The van der Waals surface area contributed by atoms with Crippen LogP contribution < -0.4 is 0 Å². The Morgan fingerprint density at radius 3 is 2.81 bits per heavy atom. The summed E-state index contributed by atoms with van der Waals surface area (Å²) in [5.41, 5.74) is 4.74. The number of aryl methyl sites for hydroxylation is 4. The quantitative estimate of drug-likeness (QED) is 0.792. The van der Waals surface area contributed by atoms with E-state index in [2.05, 4.69) is 15.1 Å². The maximum absolute atomic E-state index is 4.69. The van der Waals surface area contributed by atoms with Crippen LogP contribution in [0.4, 0.5) is 0 Å². The van der Waals surface area contributed by atoms with E-state index in [1.807, 2.05) is 24.9 Å². The SMILES string of the molecule is Cc1nn(C)cc1-c1nc2c([nH]1)CCCC2. The number of fused-ring (bicyclic) bond motifs is 1. The lowest BCUT2D eigenvalue weighted by Gasteiger charge is -2.07. The summed E-state index contributed by atoms with van der Waals surface area (Å²) in [6.45, 7) is 2.02. The summed E-state index contributed by atoms with van der Waals surface area (Å²) in [5, 5.41) is 4.35. The topological polar surface area (TPSA) is 46.5 Å². The molecule has 1 N–H and O–H groups in total. The summed E-state index contributed by atoms with van der Waals surface area (Å²) in [7, 11) is 1.94. The fourth-order valence-corrected chi connectivity index (χ4v) is 2.41. The molecule has 0 saturated heterocycles. The van der Waals surface area contributed by atoms with Gasteiger partial charge in [0.25, 0.3) is 0 Å². The molecule has 84 valence electrons. The van der Waals surface area contributed by atoms with Gasteiger partial charge < -0.3 is 4.98 Å². The van der Waals surface area contributed by atoms with Crippen LogP contribution in [-0.2, 0) is 19.9 Å². The lowest BCUT2D eigenvalue weighted by Crippen LogP contribution is -2.00. The van der Waals surface area contributed by atoms with E-state index < -0.39 is 0 Å². The number of aromatic nitrogens is 4. The maximum Gasteiger partial charge on any atom is 0.141 e. The lowest BCUT2D eigenvalue weighted by atomic mass is 10.0. The maximum atomic E-state index is 4.69. The van der Waals surface area contributed by atoms with Gasteiger partial charge in [0.05, 0.1) is 17.0 Å². The average molecular weight is 216 g/mol. The minimum absolute atomic E-state index is 0.984. The first-order valence-electron chi connectivity index (χ1n) is 5.82. The molecule has 0 aliphatic heterocycles. The zero-order chi connectivity index (χ0) is 11.1. The standard InChI is InChI=1S/C12H16N4/c1-8-9(7-16(2)15-8)12-13-10-5-3-4-6-11(10)14-12/h7H,3-6H2,1-2H3,(H,13,14). The summed E-state index contributed by atoms with van der Waals surface area (Å²) in [6, 6.07) is 0. The van der Waals surface area contributed by atoms with Crippen LogP contribution in [0.3, 0.4) is 0 Å². The first kappa shape index (κ1) is 9.63. The molecule has 2 aromatic heterocycles. The molecule has 2 aromatic rings. The number of rotatable bonds is 1. The van der Waals surface area contributed by atoms with Crippen LogP contribution >= 0.6 is 0 Å². The van der Waals surface area contributed by atoms with E-state index in [0.29, 0.717) is 0 Å². The van der Waals surface area contributed by atoms with Crippen LogP contribution in [0.25, 0.3) is 11.4 Å². The van der Waals surface area contributed by atoms with Gasteiger partial charge in [-0.1, -0.05) is 0 Å².